The molecule has 0 aromatic heterocycles. The Labute approximate surface area is 225 Å². The van der Waals surface area contributed by atoms with Gasteiger partial charge in [0.25, 0.3) is 0 Å². The quantitative estimate of drug-likeness (QED) is 0.241. The molecule has 5 N–H and O–H groups in total. The summed E-state index contributed by atoms with van der Waals surface area (Å²) in [6.07, 6.45) is 0.140. The van der Waals surface area contributed by atoms with Crippen molar-refractivity contribution in [1.82, 2.24) is 16.0 Å². The fraction of sp³-hybridized carbons (Fsp3) is 0.464. The van der Waals surface area contributed by atoms with E-state index in [1.165, 1.54) is 0 Å². The SMILES string of the molecule is CC(C)C[C@H](NC(=O)OCc1ccccc1)C(=O)N[C@@H](CC(C)C)C(=O)N[C@@H](Cc1ccccc1)B(O)O. The normalized spacial score (nSPS) is 13.4. The van der Waals surface area contributed by atoms with Crippen LogP contribution in [-0.4, -0.2) is 53.1 Å². The highest BCUT2D eigenvalue weighted by Gasteiger charge is 2.32. The van der Waals surface area contributed by atoms with Crippen LogP contribution in [0.1, 0.15) is 51.7 Å². The number of hydrogen-bond acceptors (Lipinski definition) is 6. The van der Waals surface area contributed by atoms with Crippen molar-refractivity contribution in [1.29, 1.82) is 0 Å². The maximum absolute atomic E-state index is 13.2. The summed E-state index contributed by atoms with van der Waals surface area (Å²) < 4.78 is 5.28. The van der Waals surface area contributed by atoms with Gasteiger partial charge in [-0.15, -0.1) is 0 Å². The van der Waals surface area contributed by atoms with Gasteiger partial charge in [0.1, 0.15) is 18.7 Å². The van der Waals surface area contributed by atoms with E-state index in [0.29, 0.717) is 12.8 Å². The lowest BCUT2D eigenvalue weighted by molar-refractivity contribution is -0.130. The number of rotatable bonds is 14. The van der Waals surface area contributed by atoms with E-state index in [1.807, 2.05) is 88.4 Å². The van der Waals surface area contributed by atoms with Gasteiger partial charge in [-0.05, 0) is 42.2 Å². The summed E-state index contributed by atoms with van der Waals surface area (Å²) in [5, 5.41) is 27.8. The third kappa shape index (κ3) is 11.4. The van der Waals surface area contributed by atoms with Gasteiger partial charge in [0, 0.05) is 0 Å². The Morgan fingerprint density at radius 3 is 1.71 bits per heavy atom. The van der Waals surface area contributed by atoms with Gasteiger partial charge in [-0.1, -0.05) is 88.4 Å². The summed E-state index contributed by atoms with van der Waals surface area (Å²) in [5.74, 6) is -1.87. The van der Waals surface area contributed by atoms with E-state index in [1.54, 1.807) is 0 Å². The van der Waals surface area contributed by atoms with Gasteiger partial charge in [0.05, 0.1) is 5.94 Å². The van der Waals surface area contributed by atoms with Crippen LogP contribution in [-0.2, 0) is 27.4 Å². The van der Waals surface area contributed by atoms with Crippen LogP contribution in [0.5, 0.6) is 0 Å². The lowest BCUT2D eigenvalue weighted by Crippen LogP contribution is -2.57. The van der Waals surface area contributed by atoms with Crippen LogP contribution in [0.4, 0.5) is 4.79 Å². The number of benzene rings is 2. The Kier molecular flexibility index (Phi) is 12.8. The first-order valence-electron chi connectivity index (χ1n) is 13.0. The summed E-state index contributed by atoms with van der Waals surface area (Å²) in [5.41, 5.74) is 1.64. The number of amides is 3. The molecule has 0 fully saturated rings. The van der Waals surface area contributed by atoms with E-state index < -0.39 is 43.1 Å². The van der Waals surface area contributed by atoms with Crippen LogP contribution in [0.3, 0.4) is 0 Å². The molecule has 0 saturated carbocycles. The first-order chi connectivity index (χ1) is 18.0. The van der Waals surface area contributed by atoms with E-state index in [2.05, 4.69) is 16.0 Å². The Morgan fingerprint density at radius 1 is 0.737 bits per heavy atom. The van der Waals surface area contributed by atoms with Crippen molar-refractivity contribution >= 4 is 25.0 Å². The molecule has 3 atom stereocenters. The van der Waals surface area contributed by atoms with Crippen LogP contribution in [0.25, 0.3) is 0 Å². The molecule has 9 nitrogen and oxygen atoms in total. The highest BCUT2D eigenvalue weighted by Crippen LogP contribution is 2.11. The van der Waals surface area contributed by atoms with Crippen molar-refractivity contribution in [3.05, 3.63) is 71.8 Å². The average Bonchev–Trinajstić information content (AvgIpc) is 2.86. The van der Waals surface area contributed by atoms with Crippen molar-refractivity contribution in [2.75, 3.05) is 0 Å². The molecule has 38 heavy (non-hydrogen) atoms. The first-order valence-corrected chi connectivity index (χ1v) is 13.0. The van der Waals surface area contributed by atoms with Gasteiger partial charge in [0.2, 0.25) is 11.8 Å². The topological polar surface area (TPSA) is 137 Å². The van der Waals surface area contributed by atoms with Crippen LogP contribution in [0.15, 0.2) is 60.7 Å². The molecule has 0 spiro atoms. The smallest absolute Gasteiger partial charge is 0.445 e. The second-order valence-corrected chi connectivity index (χ2v) is 10.3. The van der Waals surface area contributed by atoms with Gasteiger partial charge in [-0.2, -0.15) is 0 Å². The Hall–Kier alpha value is -3.37. The zero-order valence-electron chi connectivity index (χ0n) is 22.6. The summed E-state index contributed by atoms with van der Waals surface area (Å²) in [7, 11) is -1.79. The maximum atomic E-state index is 13.2. The second kappa shape index (κ2) is 15.8. The number of nitrogens with one attached hydrogen (secondary N) is 3. The third-order valence-corrected chi connectivity index (χ3v) is 5.85. The minimum absolute atomic E-state index is 0.0602. The van der Waals surface area contributed by atoms with E-state index in [-0.39, 0.29) is 24.9 Å². The van der Waals surface area contributed by atoms with Crippen molar-refractivity contribution in [2.24, 2.45) is 11.8 Å². The van der Waals surface area contributed by atoms with Crippen molar-refractivity contribution < 1.29 is 29.2 Å². The largest absolute Gasteiger partial charge is 0.475 e. The molecule has 0 unspecified atom stereocenters. The number of carbonyl (C=O) groups is 3. The molecule has 0 aliphatic carbocycles. The Bertz CT molecular complexity index is 1000. The van der Waals surface area contributed by atoms with Crippen molar-refractivity contribution in [2.45, 2.75) is 71.6 Å². The van der Waals surface area contributed by atoms with E-state index >= 15 is 0 Å². The molecule has 2 rings (SSSR count). The molecule has 2 aromatic carbocycles. The molecule has 10 heteroatoms. The van der Waals surface area contributed by atoms with Crippen LogP contribution >= 0.6 is 0 Å². The fourth-order valence-corrected chi connectivity index (χ4v) is 3.97. The summed E-state index contributed by atoms with van der Waals surface area (Å²) >= 11 is 0. The summed E-state index contributed by atoms with van der Waals surface area (Å²) in [6.45, 7) is 7.74. The Balaban J connectivity index is 2.07. The lowest BCUT2D eigenvalue weighted by Gasteiger charge is -2.27. The molecule has 0 aliphatic heterocycles. The summed E-state index contributed by atoms with van der Waals surface area (Å²) in [4.78, 5) is 38.9. The number of alkyl carbamates (subject to hydrolysis) is 1. The van der Waals surface area contributed by atoms with Gasteiger partial charge in [0.15, 0.2) is 0 Å². The molecule has 2 aromatic rings. The van der Waals surface area contributed by atoms with Gasteiger partial charge in [-0.3, -0.25) is 9.59 Å². The lowest BCUT2D eigenvalue weighted by atomic mass is 9.75. The average molecular weight is 525 g/mol. The van der Waals surface area contributed by atoms with E-state index in [9.17, 15) is 24.4 Å². The standard InChI is InChI=1S/C28H40BN3O6/c1-19(2)15-23(27(34)32-25(29(36)37)17-21-11-7-5-8-12-21)30-26(33)24(16-20(3)4)31-28(35)38-18-22-13-9-6-10-14-22/h5-14,19-20,23-25,36-37H,15-18H2,1-4H3,(H,30,33)(H,31,35)(H,32,34)/t23-,24-,25-/m0/s1. The molecule has 0 bridgehead atoms. The minimum Gasteiger partial charge on any atom is -0.445 e. The molecular weight excluding hydrogens is 485 g/mol. The Morgan fingerprint density at radius 2 is 1.21 bits per heavy atom. The van der Waals surface area contributed by atoms with Crippen LogP contribution in [0, 0.1) is 11.8 Å². The predicted octanol–water partition coefficient (Wildman–Crippen LogP) is 2.60. The zero-order valence-corrected chi connectivity index (χ0v) is 22.6. The minimum atomic E-state index is -1.79. The van der Waals surface area contributed by atoms with E-state index in [0.717, 1.165) is 11.1 Å². The van der Waals surface area contributed by atoms with Gasteiger partial charge >= 0.3 is 13.2 Å². The second-order valence-electron chi connectivity index (χ2n) is 10.3. The first kappa shape index (κ1) is 30.9. The monoisotopic (exact) mass is 525 g/mol. The van der Waals surface area contributed by atoms with Crippen LogP contribution < -0.4 is 16.0 Å². The maximum Gasteiger partial charge on any atom is 0.475 e. The molecule has 0 heterocycles. The van der Waals surface area contributed by atoms with Crippen LogP contribution in [0.2, 0.25) is 0 Å². The summed E-state index contributed by atoms with van der Waals surface area (Å²) in [6, 6.07) is 16.5. The third-order valence-electron chi connectivity index (χ3n) is 5.85. The number of hydrogen-bond donors (Lipinski definition) is 5. The zero-order chi connectivity index (χ0) is 28.1. The molecule has 3 amide bonds. The van der Waals surface area contributed by atoms with Crippen molar-refractivity contribution in [3.8, 4) is 0 Å². The highest BCUT2D eigenvalue weighted by atomic mass is 16.5. The van der Waals surface area contributed by atoms with Crippen molar-refractivity contribution in [3.63, 3.8) is 0 Å². The van der Waals surface area contributed by atoms with E-state index in [4.69, 9.17) is 4.74 Å². The molecule has 206 valence electrons. The molecule has 0 saturated heterocycles. The highest BCUT2D eigenvalue weighted by molar-refractivity contribution is 6.43. The number of carbonyl (C=O) groups excluding carboxylic acids is 3. The van der Waals surface area contributed by atoms with Gasteiger partial charge in [-0.25, -0.2) is 4.79 Å². The molecular formula is C28H40BN3O6. The predicted molar refractivity (Wildman–Crippen MR) is 147 cm³/mol. The fourth-order valence-electron chi connectivity index (χ4n) is 3.97. The molecule has 0 aliphatic rings. The van der Waals surface area contributed by atoms with Gasteiger partial charge < -0.3 is 30.7 Å². The molecule has 0 radical (unpaired) electrons. The number of ether oxygens (including phenoxy) is 1.